The fourth-order valence-corrected chi connectivity index (χ4v) is 1.85. The topological polar surface area (TPSA) is 35.2 Å². The van der Waals surface area contributed by atoms with Gasteiger partial charge in [-0.05, 0) is 57.2 Å². The second kappa shape index (κ2) is 4.46. The van der Waals surface area contributed by atoms with E-state index in [1.807, 2.05) is 19.9 Å². The van der Waals surface area contributed by atoms with E-state index >= 15 is 0 Å². The highest BCUT2D eigenvalue weighted by atomic mass is 16.5. The van der Waals surface area contributed by atoms with Gasteiger partial charge in [-0.2, -0.15) is 0 Å². The van der Waals surface area contributed by atoms with Crippen molar-refractivity contribution in [2.45, 2.75) is 51.2 Å². The smallest absolute Gasteiger partial charge is 0.119 e. The van der Waals surface area contributed by atoms with Crippen LogP contribution in [0.25, 0.3) is 0 Å². The Bertz CT molecular complexity index is 356. The third-order valence-electron chi connectivity index (χ3n) is 3.07. The van der Waals surface area contributed by atoms with Crippen molar-refractivity contribution in [1.29, 1.82) is 0 Å². The molecule has 0 saturated heterocycles. The van der Waals surface area contributed by atoms with Gasteiger partial charge in [-0.25, -0.2) is 0 Å². The molecular weight excluding hydrogens is 198 g/mol. The zero-order valence-electron chi connectivity index (χ0n) is 10.2. The van der Waals surface area contributed by atoms with Crippen molar-refractivity contribution in [2.24, 2.45) is 5.73 Å². The van der Waals surface area contributed by atoms with Crippen LogP contribution in [-0.2, 0) is 6.42 Å². The molecule has 88 valence electrons. The van der Waals surface area contributed by atoms with Gasteiger partial charge >= 0.3 is 0 Å². The lowest BCUT2D eigenvalue weighted by atomic mass is 10.0. The number of benzene rings is 1. The quantitative estimate of drug-likeness (QED) is 0.826. The first-order valence-electron chi connectivity index (χ1n) is 6.12. The lowest BCUT2D eigenvalue weighted by molar-refractivity contribution is 0.242. The van der Waals surface area contributed by atoms with Crippen molar-refractivity contribution < 1.29 is 4.74 Å². The van der Waals surface area contributed by atoms with Gasteiger partial charge in [-0.1, -0.05) is 12.1 Å². The number of ether oxygens (including phenoxy) is 1. The van der Waals surface area contributed by atoms with Crippen LogP contribution in [0, 0.1) is 0 Å². The van der Waals surface area contributed by atoms with Crippen LogP contribution in [0.4, 0.5) is 0 Å². The van der Waals surface area contributed by atoms with Gasteiger partial charge in [0.2, 0.25) is 0 Å². The first-order chi connectivity index (χ1) is 7.57. The van der Waals surface area contributed by atoms with E-state index in [1.54, 1.807) is 0 Å². The second-order valence-corrected chi connectivity index (χ2v) is 5.18. The van der Waals surface area contributed by atoms with Crippen LogP contribution >= 0.6 is 0 Å². The van der Waals surface area contributed by atoms with Gasteiger partial charge in [0.25, 0.3) is 0 Å². The molecule has 0 radical (unpaired) electrons. The maximum atomic E-state index is 6.08. The van der Waals surface area contributed by atoms with Crippen LogP contribution < -0.4 is 10.5 Å². The molecule has 2 nitrogen and oxygen atoms in total. The first kappa shape index (κ1) is 11.5. The van der Waals surface area contributed by atoms with E-state index in [4.69, 9.17) is 10.5 Å². The molecule has 1 saturated carbocycles. The molecule has 1 fully saturated rings. The van der Waals surface area contributed by atoms with Crippen LogP contribution in [0.5, 0.6) is 5.75 Å². The van der Waals surface area contributed by atoms with E-state index in [1.165, 1.54) is 18.4 Å². The SMILES string of the molecule is CC(C)Oc1cccc(CCC2(N)CC2)c1. The maximum absolute atomic E-state index is 6.08. The van der Waals surface area contributed by atoms with Crippen LogP contribution in [0.1, 0.15) is 38.7 Å². The normalized spacial score (nSPS) is 17.5. The monoisotopic (exact) mass is 219 g/mol. The Morgan fingerprint density at radius 1 is 1.38 bits per heavy atom. The van der Waals surface area contributed by atoms with Crippen molar-refractivity contribution >= 4 is 0 Å². The van der Waals surface area contributed by atoms with Gasteiger partial charge in [0.05, 0.1) is 6.10 Å². The maximum Gasteiger partial charge on any atom is 0.119 e. The second-order valence-electron chi connectivity index (χ2n) is 5.18. The third-order valence-corrected chi connectivity index (χ3v) is 3.07. The minimum atomic E-state index is 0.148. The standard InChI is InChI=1S/C14H21NO/c1-11(2)16-13-5-3-4-12(10-13)6-7-14(15)8-9-14/h3-5,10-11H,6-9,15H2,1-2H3. The minimum Gasteiger partial charge on any atom is -0.491 e. The van der Waals surface area contributed by atoms with E-state index in [9.17, 15) is 0 Å². The predicted octanol–water partition coefficient (Wildman–Crippen LogP) is 2.90. The van der Waals surface area contributed by atoms with Gasteiger partial charge in [-0.3, -0.25) is 0 Å². The van der Waals surface area contributed by atoms with E-state index in [-0.39, 0.29) is 11.6 Å². The summed E-state index contributed by atoms with van der Waals surface area (Å²) in [7, 11) is 0. The molecule has 2 N–H and O–H groups in total. The van der Waals surface area contributed by atoms with E-state index in [0.29, 0.717) is 0 Å². The molecule has 0 bridgehead atoms. The zero-order chi connectivity index (χ0) is 11.6. The number of nitrogens with two attached hydrogens (primary N) is 1. The fourth-order valence-electron chi connectivity index (χ4n) is 1.85. The molecule has 0 unspecified atom stereocenters. The molecule has 1 aromatic rings. The molecule has 0 spiro atoms. The summed E-state index contributed by atoms with van der Waals surface area (Å²) in [4.78, 5) is 0. The lowest BCUT2D eigenvalue weighted by Crippen LogP contribution is -2.22. The number of hydrogen-bond acceptors (Lipinski definition) is 2. The van der Waals surface area contributed by atoms with E-state index in [0.717, 1.165) is 18.6 Å². The molecule has 2 heteroatoms. The molecule has 0 amide bonds. The first-order valence-corrected chi connectivity index (χ1v) is 6.12. The van der Waals surface area contributed by atoms with Crippen LogP contribution in [0.2, 0.25) is 0 Å². The molecule has 2 rings (SSSR count). The summed E-state index contributed by atoms with van der Waals surface area (Å²) in [6.45, 7) is 4.09. The Morgan fingerprint density at radius 2 is 2.12 bits per heavy atom. The molecular formula is C14H21NO. The van der Waals surface area contributed by atoms with Crippen molar-refractivity contribution in [3.05, 3.63) is 29.8 Å². The van der Waals surface area contributed by atoms with Crippen molar-refractivity contribution in [1.82, 2.24) is 0 Å². The van der Waals surface area contributed by atoms with Crippen LogP contribution in [0.15, 0.2) is 24.3 Å². The van der Waals surface area contributed by atoms with Gasteiger partial charge in [-0.15, -0.1) is 0 Å². The third kappa shape index (κ3) is 3.24. The summed E-state index contributed by atoms with van der Waals surface area (Å²) in [5.74, 6) is 0.967. The summed E-state index contributed by atoms with van der Waals surface area (Å²) < 4.78 is 5.67. The Morgan fingerprint density at radius 3 is 2.75 bits per heavy atom. The van der Waals surface area contributed by atoms with Crippen molar-refractivity contribution in [3.63, 3.8) is 0 Å². The molecule has 0 aliphatic heterocycles. The van der Waals surface area contributed by atoms with Crippen LogP contribution in [0.3, 0.4) is 0 Å². The highest BCUT2D eigenvalue weighted by molar-refractivity contribution is 5.29. The number of hydrogen-bond donors (Lipinski definition) is 1. The predicted molar refractivity (Wildman–Crippen MR) is 66.7 cm³/mol. The van der Waals surface area contributed by atoms with Gasteiger partial charge in [0.15, 0.2) is 0 Å². The highest BCUT2D eigenvalue weighted by Gasteiger charge is 2.37. The average Bonchev–Trinajstić information content (AvgIpc) is 2.94. The number of rotatable bonds is 5. The van der Waals surface area contributed by atoms with E-state index < -0.39 is 0 Å². The van der Waals surface area contributed by atoms with Crippen LogP contribution in [-0.4, -0.2) is 11.6 Å². The zero-order valence-corrected chi connectivity index (χ0v) is 10.2. The van der Waals surface area contributed by atoms with Crippen molar-refractivity contribution in [3.8, 4) is 5.75 Å². The lowest BCUT2D eigenvalue weighted by Gasteiger charge is -2.12. The molecule has 1 aromatic carbocycles. The number of aryl methyl sites for hydroxylation is 1. The summed E-state index contributed by atoms with van der Waals surface area (Å²) in [6.07, 6.45) is 4.77. The Hall–Kier alpha value is -1.02. The summed E-state index contributed by atoms with van der Waals surface area (Å²) in [6, 6.07) is 8.35. The Labute approximate surface area is 97.8 Å². The molecule has 0 atom stereocenters. The minimum absolute atomic E-state index is 0.148. The molecule has 1 aliphatic rings. The average molecular weight is 219 g/mol. The summed E-state index contributed by atoms with van der Waals surface area (Å²) >= 11 is 0. The Kier molecular flexibility index (Phi) is 3.20. The molecule has 1 aliphatic carbocycles. The summed E-state index contributed by atoms with van der Waals surface area (Å²) in [5.41, 5.74) is 7.56. The largest absolute Gasteiger partial charge is 0.491 e. The highest BCUT2D eigenvalue weighted by Crippen LogP contribution is 2.36. The fraction of sp³-hybridized carbons (Fsp3) is 0.571. The summed E-state index contributed by atoms with van der Waals surface area (Å²) in [5, 5.41) is 0. The molecule has 0 aromatic heterocycles. The Balaban J connectivity index is 1.93. The van der Waals surface area contributed by atoms with Gasteiger partial charge in [0, 0.05) is 5.54 Å². The van der Waals surface area contributed by atoms with Gasteiger partial charge < -0.3 is 10.5 Å². The van der Waals surface area contributed by atoms with Gasteiger partial charge in [0.1, 0.15) is 5.75 Å². The van der Waals surface area contributed by atoms with E-state index in [2.05, 4.69) is 18.2 Å². The molecule has 0 heterocycles. The molecule has 16 heavy (non-hydrogen) atoms. The van der Waals surface area contributed by atoms with Crippen molar-refractivity contribution in [2.75, 3.05) is 0 Å².